The van der Waals surface area contributed by atoms with Crippen LogP contribution in [0.5, 0.6) is 0 Å². The van der Waals surface area contributed by atoms with E-state index in [1.165, 1.54) is 0 Å². The highest BCUT2D eigenvalue weighted by atomic mass is 16.6. The van der Waals surface area contributed by atoms with Crippen molar-refractivity contribution in [3.05, 3.63) is 18.2 Å². The molecule has 7 nitrogen and oxygen atoms in total. The fourth-order valence-corrected chi connectivity index (χ4v) is 2.70. The number of anilines is 2. The fraction of sp³-hybridized carbons (Fsp3) is 0.500. The first-order valence-electron chi connectivity index (χ1n) is 7.80. The van der Waals surface area contributed by atoms with Crippen LogP contribution in [0.1, 0.15) is 20.8 Å². The van der Waals surface area contributed by atoms with Crippen LogP contribution in [0.2, 0.25) is 0 Å². The van der Waals surface area contributed by atoms with Gasteiger partial charge in [-0.2, -0.15) is 5.10 Å². The van der Waals surface area contributed by atoms with E-state index in [2.05, 4.69) is 15.1 Å². The predicted octanol–water partition coefficient (Wildman–Crippen LogP) is 2.20. The maximum atomic E-state index is 12.1. The highest BCUT2D eigenvalue weighted by Crippen LogP contribution is 2.25. The minimum atomic E-state index is -0.459. The third kappa shape index (κ3) is 3.33. The number of nitrogens with zero attached hydrogens (tertiary/aromatic N) is 3. The van der Waals surface area contributed by atoms with Gasteiger partial charge in [-0.25, -0.2) is 4.79 Å². The molecule has 124 valence electrons. The van der Waals surface area contributed by atoms with Crippen LogP contribution in [0.3, 0.4) is 0 Å². The molecule has 3 N–H and O–H groups in total. The number of amides is 1. The van der Waals surface area contributed by atoms with Gasteiger partial charge in [0.25, 0.3) is 0 Å². The highest BCUT2D eigenvalue weighted by molar-refractivity contribution is 5.90. The van der Waals surface area contributed by atoms with Crippen LogP contribution in [-0.4, -0.2) is 53.0 Å². The van der Waals surface area contributed by atoms with Gasteiger partial charge in [-0.05, 0) is 39.0 Å². The van der Waals surface area contributed by atoms with Crippen LogP contribution in [0, 0.1) is 0 Å². The first-order valence-corrected chi connectivity index (χ1v) is 7.80. The van der Waals surface area contributed by atoms with Gasteiger partial charge in [-0.1, -0.05) is 0 Å². The van der Waals surface area contributed by atoms with Crippen molar-refractivity contribution >= 4 is 28.5 Å². The van der Waals surface area contributed by atoms with E-state index >= 15 is 0 Å². The van der Waals surface area contributed by atoms with E-state index in [1.807, 2.05) is 39.0 Å². The zero-order chi connectivity index (χ0) is 16.6. The second-order valence-electron chi connectivity index (χ2n) is 6.79. The number of fused-ring (bicyclic) bond motifs is 1. The molecule has 0 unspecified atom stereocenters. The summed E-state index contributed by atoms with van der Waals surface area (Å²) in [6, 6.07) is 6.06. The second-order valence-corrected chi connectivity index (χ2v) is 6.79. The van der Waals surface area contributed by atoms with Gasteiger partial charge >= 0.3 is 6.09 Å². The van der Waals surface area contributed by atoms with Gasteiger partial charge in [0.1, 0.15) is 5.60 Å². The normalized spacial score (nSPS) is 16.0. The van der Waals surface area contributed by atoms with Crippen LogP contribution in [0.15, 0.2) is 18.2 Å². The van der Waals surface area contributed by atoms with Crippen molar-refractivity contribution in [3.63, 3.8) is 0 Å². The molecule has 2 aromatic rings. The first kappa shape index (κ1) is 15.5. The fourth-order valence-electron chi connectivity index (χ4n) is 2.70. The summed E-state index contributed by atoms with van der Waals surface area (Å²) in [4.78, 5) is 16.1. The van der Waals surface area contributed by atoms with Gasteiger partial charge in [0.05, 0.1) is 5.52 Å². The summed E-state index contributed by atoms with van der Waals surface area (Å²) in [5.41, 5.74) is 7.36. The zero-order valence-corrected chi connectivity index (χ0v) is 13.8. The van der Waals surface area contributed by atoms with E-state index in [4.69, 9.17) is 10.5 Å². The zero-order valence-electron chi connectivity index (χ0n) is 13.8. The molecule has 1 aliphatic rings. The summed E-state index contributed by atoms with van der Waals surface area (Å²) in [6.45, 7) is 8.49. The van der Waals surface area contributed by atoms with Gasteiger partial charge < -0.3 is 20.3 Å². The molecule has 0 bridgehead atoms. The topological polar surface area (TPSA) is 87.5 Å². The predicted molar refractivity (Wildman–Crippen MR) is 90.5 cm³/mol. The van der Waals surface area contributed by atoms with Gasteiger partial charge in [-0.3, -0.25) is 5.10 Å². The lowest BCUT2D eigenvalue weighted by atomic mass is 10.2. The monoisotopic (exact) mass is 317 g/mol. The molecule has 1 amide bonds. The van der Waals surface area contributed by atoms with Crippen molar-refractivity contribution < 1.29 is 9.53 Å². The molecule has 1 aliphatic heterocycles. The molecule has 1 aromatic heterocycles. The molecule has 23 heavy (non-hydrogen) atoms. The number of rotatable bonds is 1. The van der Waals surface area contributed by atoms with Gasteiger partial charge in [0.15, 0.2) is 5.82 Å². The summed E-state index contributed by atoms with van der Waals surface area (Å²) in [6.07, 6.45) is -0.242. The van der Waals surface area contributed by atoms with Gasteiger partial charge in [0.2, 0.25) is 0 Å². The number of carbonyl (C=O) groups is 1. The number of carbonyl (C=O) groups excluding carboxylic acids is 1. The third-order valence-corrected chi connectivity index (χ3v) is 3.87. The number of hydrogen-bond donors (Lipinski definition) is 2. The molecule has 1 aromatic carbocycles. The number of aromatic amines is 1. The molecule has 3 rings (SSSR count). The average molecular weight is 317 g/mol. The Kier molecular flexibility index (Phi) is 3.79. The van der Waals surface area contributed by atoms with Crippen LogP contribution in [0.4, 0.5) is 16.3 Å². The molecule has 0 atom stereocenters. The van der Waals surface area contributed by atoms with Crippen molar-refractivity contribution in [1.82, 2.24) is 15.1 Å². The first-order chi connectivity index (χ1) is 10.8. The quantitative estimate of drug-likeness (QED) is 0.842. The van der Waals surface area contributed by atoms with E-state index in [1.54, 1.807) is 4.90 Å². The van der Waals surface area contributed by atoms with Gasteiger partial charge in [-0.15, -0.1) is 0 Å². The van der Waals surface area contributed by atoms with Crippen molar-refractivity contribution in [2.24, 2.45) is 0 Å². The number of nitrogens with one attached hydrogen (secondary N) is 1. The number of piperazine rings is 1. The summed E-state index contributed by atoms with van der Waals surface area (Å²) in [5, 5.41) is 7.88. The third-order valence-electron chi connectivity index (χ3n) is 3.87. The Labute approximate surface area is 135 Å². The lowest BCUT2D eigenvalue weighted by Gasteiger charge is -2.36. The Hall–Kier alpha value is -2.44. The smallest absolute Gasteiger partial charge is 0.410 e. The molecular formula is C16H23N5O2. The van der Waals surface area contributed by atoms with Crippen LogP contribution in [-0.2, 0) is 4.74 Å². The van der Waals surface area contributed by atoms with Crippen LogP contribution in [0.25, 0.3) is 10.9 Å². The van der Waals surface area contributed by atoms with Crippen molar-refractivity contribution in [2.75, 3.05) is 36.8 Å². The molecule has 0 radical (unpaired) electrons. The number of nitrogens with two attached hydrogens (primary N) is 1. The summed E-state index contributed by atoms with van der Waals surface area (Å²) >= 11 is 0. The molecule has 2 heterocycles. The molecule has 1 saturated heterocycles. The van der Waals surface area contributed by atoms with Crippen molar-refractivity contribution in [1.29, 1.82) is 0 Å². The number of nitrogen functional groups attached to an aromatic ring is 1. The van der Waals surface area contributed by atoms with Crippen molar-refractivity contribution in [2.45, 2.75) is 26.4 Å². The Morgan fingerprint density at radius 3 is 2.61 bits per heavy atom. The number of hydrogen-bond acceptors (Lipinski definition) is 5. The Balaban J connectivity index is 1.65. The molecule has 0 spiro atoms. The maximum Gasteiger partial charge on any atom is 0.410 e. The summed E-state index contributed by atoms with van der Waals surface area (Å²) < 4.78 is 5.42. The second kappa shape index (κ2) is 5.64. The van der Waals surface area contributed by atoms with Crippen molar-refractivity contribution in [3.8, 4) is 0 Å². The lowest BCUT2D eigenvalue weighted by Crippen LogP contribution is -2.50. The molecule has 7 heteroatoms. The summed E-state index contributed by atoms with van der Waals surface area (Å²) in [7, 11) is 0. The highest BCUT2D eigenvalue weighted by Gasteiger charge is 2.26. The average Bonchev–Trinajstić information content (AvgIpc) is 2.87. The number of aromatic nitrogens is 2. The van der Waals surface area contributed by atoms with E-state index < -0.39 is 5.60 Å². The minimum Gasteiger partial charge on any atom is -0.444 e. The summed E-state index contributed by atoms with van der Waals surface area (Å²) in [5.74, 6) is 0.515. The van der Waals surface area contributed by atoms with Crippen LogP contribution >= 0.6 is 0 Å². The number of benzene rings is 1. The Bertz CT molecular complexity index is 711. The maximum absolute atomic E-state index is 12.1. The molecule has 1 fully saturated rings. The lowest BCUT2D eigenvalue weighted by molar-refractivity contribution is 0.0240. The standard InChI is InChI=1S/C16H23N5O2/c1-16(2,3)23-15(22)21-8-6-20(7-9-21)11-4-5-12-13(10-11)18-19-14(12)17/h4-5,10H,6-9H2,1-3H3,(H3,17,18,19). The number of ether oxygens (including phenoxy) is 1. The van der Waals surface area contributed by atoms with E-state index in [9.17, 15) is 4.79 Å². The molecular weight excluding hydrogens is 294 g/mol. The SMILES string of the molecule is CC(C)(C)OC(=O)N1CCN(c2ccc3c(N)n[nH]c3c2)CC1. The molecule has 0 saturated carbocycles. The van der Waals surface area contributed by atoms with E-state index in [-0.39, 0.29) is 6.09 Å². The van der Waals surface area contributed by atoms with Crippen LogP contribution < -0.4 is 10.6 Å². The molecule has 0 aliphatic carbocycles. The van der Waals surface area contributed by atoms with E-state index in [0.717, 1.165) is 29.7 Å². The Morgan fingerprint density at radius 2 is 1.96 bits per heavy atom. The number of H-pyrrole nitrogens is 1. The van der Waals surface area contributed by atoms with Gasteiger partial charge in [0, 0.05) is 37.3 Å². The van der Waals surface area contributed by atoms with E-state index in [0.29, 0.717) is 18.9 Å². The Morgan fingerprint density at radius 1 is 1.26 bits per heavy atom. The largest absolute Gasteiger partial charge is 0.444 e. The minimum absolute atomic E-state index is 0.242.